The molecule has 0 aromatic heterocycles. The molecule has 0 radical (unpaired) electrons. The molecule has 1 aliphatic carbocycles. The molecule has 0 bridgehead atoms. The maximum absolute atomic E-state index is 11.9. The van der Waals surface area contributed by atoms with Crippen LogP contribution in [0, 0.1) is 5.92 Å². The maximum Gasteiger partial charge on any atom is 0.229 e. The van der Waals surface area contributed by atoms with Gasteiger partial charge in [0, 0.05) is 54.2 Å². The number of benzene rings is 2. The molecule has 1 atom stereocenters. The molecule has 2 fully saturated rings. The molecule has 4 rings (SSSR count). The van der Waals surface area contributed by atoms with Crippen molar-refractivity contribution in [3.63, 3.8) is 0 Å². The number of halogens is 1. The molecule has 194 valence electrons. The van der Waals surface area contributed by atoms with Gasteiger partial charge in [0.1, 0.15) is 5.75 Å². The quantitative estimate of drug-likeness (QED) is 0.239. The molecule has 2 aliphatic rings. The van der Waals surface area contributed by atoms with E-state index >= 15 is 0 Å². The zero-order chi connectivity index (χ0) is 25.5. The van der Waals surface area contributed by atoms with Crippen molar-refractivity contribution in [3.8, 4) is 5.75 Å². The summed E-state index contributed by atoms with van der Waals surface area (Å²) in [6, 6.07) is 14.9. The van der Waals surface area contributed by atoms with Crippen LogP contribution in [0.3, 0.4) is 0 Å². The van der Waals surface area contributed by atoms with Crippen LogP contribution in [-0.2, 0) is 16.1 Å². The van der Waals surface area contributed by atoms with Crippen molar-refractivity contribution >= 4 is 35.2 Å². The SMILES string of the molecule is COc1cc(CN(CC2CCCCC2)[C@@H](C)c2ccc(Cl)cc2)ccc1SCCN1C(=O)CCC1=O. The van der Waals surface area contributed by atoms with Gasteiger partial charge in [-0.1, -0.05) is 49.1 Å². The lowest BCUT2D eigenvalue weighted by atomic mass is 9.88. The summed E-state index contributed by atoms with van der Waals surface area (Å²) in [4.78, 5) is 28.8. The number of nitrogens with zero attached hydrogens (tertiary/aromatic N) is 2. The van der Waals surface area contributed by atoms with Crippen molar-refractivity contribution in [3.05, 3.63) is 58.6 Å². The highest BCUT2D eigenvalue weighted by Gasteiger charge is 2.28. The minimum absolute atomic E-state index is 0.0595. The topological polar surface area (TPSA) is 49.9 Å². The first-order chi connectivity index (χ1) is 17.4. The molecule has 7 heteroatoms. The maximum atomic E-state index is 11.9. The summed E-state index contributed by atoms with van der Waals surface area (Å²) in [5.74, 6) is 2.12. The zero-order valence-corrected chi connectivity index (χ0v) is 23.0. The smallest absolute Gasteiger partial charge is 0.229 e. The van der Waals surface area contributed by atoms with E-state index in [0.29, 0.717) is 25.1 Å². The number of ether oxygens (including phenoxy) is 1. The molecule has 1 saturated carbocycles. The van der Waals surface area contributed by atoms with Gasteiger partial charge in [-0.15, -0.1) is 11.8 Å². The van der Waals surface area contributed by atoms with E-state index in [1.165, 1.54) is 48.1 Å². The average Bonchev–Trinajstić information content (AvgIpc) is 3.22. The number of amides is 2. The van der Waals surface area contributed by atoms with Crippen LogP contribution < -0.4 is 4.74 Å². The molecule has 2 aromatic rings. The number of hydrogen-bond acceptors (Lipinski definition) is 5. The Balaban J connectivity index is 1.45. The molecule has 5 nitrogen and oxygen atoms in total. The number of methoxy groups -OCH3 is 1. The average molecular weight is 529 g/mol. The summed E-state index contributed by atoms with van der Waals surface area (Å²) in [5, 5.41) is 0.765. The second-order valence-electron chi connectivity index (χ2n) is 9.93. The number of imide groups is 1. The Kier molecular flexibility index (Phi) is 9.74. The normalized spacial score (nSPS) is 17.7. The van der Waals surface area contributed by atoms with Crippen molar-refractivity contribution in [2.75, 3.05) is 26.0 Å². The van der Waals surface area contributed by atoms with Crippen molar-refractivity contribution in [1.29, 1.82) is 0 Å². The lowest BCUT2D eigenvalue weighted by Gasteiger charge is -2.34. The van der Waals surface area contributed by atoms with E-state index < -0.39 is 0 Å². The van der Waals surface area contributed by atoms with Crippen LogP contribution in [0.5, 0.6) is 5.75 Å². The number of carbonyl (C=O) groups excluding carboxylic acids is 2. The van der Waals surface area contributed by atoms with Gasteiger partial charge in [-0.05, 0) is 61.1 Å². The number of hydrogen-bond donors (Lipinski definition) is 0. The van der Waals surface area contributed by atoms with Gasteiger partial charge in [-0.3, -0.25) is 19.4 Å². The standard InChI is InChI=1S/C29H37ClN2O3S/c1-21(24-9-11-25(30)12-10-24)31(19-22-6-4-3-5-7-22)20-23-8-13-27(26(18-23)35-2)36-17-16-32-28(33)14-15-29(32)34/h8-13,18,21-22H,3-7,14-17,19-20H2,1-2H3/t21-/m0/s1. The predicted molar refractivity (Wildman–Crippen MR) is 147 cm³/mol. The van der Waals surface area contributed by atoms with Gasteiger partial charge in [0.25, 0.3) is 0 Å². The van der Waals surface area contributed by atoms with E-state index in [4.69, 9.17) is 16.3 Å². The van der Waals surface area contributed by atoms with Crippen LogP contribution in [0.15, 0.2) is 47.4 Å². The minimum Gasteiger partial charge on any atom is -0.496 e. The Labute approximate surface area is 224 Å². The Morgan fingerprint density at radius 3 is 2.42 bits per heavy atom. The Hall–Kier alpha value is -2.02. The van der Waals surface area contributed by atoms with E-state index in [0.717, 1.165) is 34.7 Å². The molecule has 1 saturated heterocycles. The monoisotopic (exact) mass is 528 g/mol. The van der Waals surface area contributed by atoms with Crippen LogP contribution in [0.4, 0.5) is 0 Å². The molecule has 1 aliphatic heterocycles. The second kappa shape index (κ2) is 13.0. The van der Waals surface area contributed by atoms with Crippen molar-refractivity contribution in [2.45, 2.75) is 69.4 Å². The first-order valence-corrected chi connectivity index (χ1v) is 14.4. The van der Waals surface area contributed by atoms with Gasteiger partial charge in [0.05, 0.1) is 7.11 Å². The summed E-state index contributed by atoms with van der Waals surface area (Å²) < 4.78 is 5.74. The Bertz CT molecular complexity index is 1020. The minimum atomic E-state index is -0.0595. The zero-order valence-electron chi connectivity index (χ0n) is 21.4. The summed E-state index contributed by atoms with van der Waals surface area (Å²) in [7, 11) is 1.70. The summed E-state index contributed by atoms with van der Waals surface area (Å²) >= 11 is 7.78. The molecule has 2 amide bonds. The second-order valence-corrected chi connectivity index (χ2v) is 11.5. The molecule has 0 N–H and O–H groups in total. The van der Waals surface area contributed by atoms with Gasteiger partial charge in [-0.25, -0.2) is 0 Å². The van der Waals surface area contributed by atoms with Gasteiger partial charge >= 0.3 is 0 Å². The predicted octanol–water partition coefficient (Wildman–Crippen LogP) is 6.73. The van der Waals surface area contributed by atoms with E-state index in [1.807, 2.05) is 12.1 Å². The molecule has 36 heavy (non-hydrogen) atoms. The van der Waals surface area contributed by atoms with Crippen molar-refractivity contribution < 1.29 is 14.3 Å². The van der Waals surface area contributed by atoms with Gasteiger partial charge < -0.3 is 4.74 Å². The fourth-order valence-electron chi connectivity index (χ4n) is 5.30. The Morgan fingerprint density at radius 1 is 1.06 bits per heavy atom. The lowest BCUT2D eigenvalue weighted by molar-refractivity contribution is -0.137. The summed E-state index contributed by atoms with van der Waals surface area (Å²) in [6.07, 6.45) is 7.33. The molecular weight excluding hydrogens is 492 g/mol. The third kappa shape index (κ3) is 7.05. The van der Waals surface area contributed by atoms with Gasteiger partial charge in [0.2, 0.25) is 11.8 Å². The highest BCUT2D eigenvalue weighted by Crippen LogP contribution is 2.33. The molecule has 0 spiro atoms. The lowest BCUT2D eigenvalue weighted by Crippen LogP contribution is -2.32. The first-order valence-electron chi connectivity index (χ1n) is 13.1. The van der Waals surface area contributed by atoms with Crippen LogP contribution in [-0.4, -0.2) is 47.6 Å². The number of likely N-dealkylation sites (tertiary alicyclic amines) is 1. The van der Waals surface area contributed by atoms with Crippen LogP contribution in [0.2, 0.25) is 5.02 Å². The van der Waals surface area contributed by atoms with Gasteiger partial charge in [0.15, 0.2) is 0 Å². The Morgan fingerprint density at radius 2 is 1.75 bits per heavy atom. The fraction of sp³-hybridized carbons (Fsp3) is 0.517. The first kappa shape index (κ1) is 27.0. The van der Waals surface area contributed by atoms with Crippen LogP contribution in [0.1, 0.15) is 69.0 Å². The van der Waals surface area contributed by atoms with Crippen molar-refractivity contribution in [1.82, 2.24) is 9.80 Å². The number of thioether (sulfide) groups is 1. The highest BCUT2D eigenvalue weighted by atomic mass is 35.5. The largest absolute Gasteiger partial charge is 0.496 e. The van der Waals surface area contributed by atoms with E-state index in [9.17, 15) is 9.59 Å². The summed E-state index contributed by atoms with van der Waals surface area (Å²) in [5.41, 5.74) is 2.50. The van der Waals surface area contributed by atoms with Crippen LogP contribution in [0.25, 0.3) is 0 Å². The van der Waals surface area contributed by atoms with E-state index in [2.05, 4.69) is 42.2 Å². The third-order valence-corrected chi connectivity index (χ3v) is 8.75. The third-order valence-electron chi connectivity index (χ3n) is 7.46. The van der Waals surface area contributed by atoms with E-state index in [-0.39, 0.29) is 17.9 Å². The summed E-state index contributed by atoms with van der Waals surface area (Å²) in [6.45, 7) is 4.66. The van der Waals surface area contributed by atoms with Gasteiger partial charge in [-0.2, -0.15) is 0 Å². The highest BCUT2D eigenvalue weighted by molar-refractivity contribution is 7.99. The van der Waals surface area contributed by atoms with Crippen molar-refractivity contribution in [2.24, 2.45) is 5.92 Å². The molecular formula is C29H37ClN2O3S. The fourth-order valence-corrected chi connectivity index (χ4v) is 6.36. The molecule has 0 unspecified atom stereocenters. The molecule has 2 aromatic carbocycles. The van der Waals surface area contributed by atoms with Crippen LogP contribution >= 0.6 is 23.4 Å². The number of rotatable bonds is 11. The molecule has 1 heterocycles. The van der Waals surface area contributed by atoms with E-state index in [1.54, 1.807) is 18.9 Å². The number of carbonyl (C=O) groups is 2.